The number of imidazole rings is 1. The SMILES string of the molecule is Nc1ncnc2c1ncn2[C@@H]1O[C@H](COP(=O)(O)OC(=O)CCCNC(=O)CCCCC2SC[C@@H]3NC(=O)N[C@H]23)C(O)C1O. The van der Waals surface area contributed by atoms with Crippen molar-refractivity contribution in [1.82, 2.24) is 35.5 Å². The van der Waals surface area contributed by atoms with Crippen molar-refractivity contribution in [3.63, 3.8) is 0 Å². The first kappa shape index (κ1) is 32.3. The summed E-state index contributed by atoms with van der Waals surface area (Å²) in [5, 5.41) is 29.8. The number of carbonyl (C=O) groups excluding carboxylic acids is 3. The molecule has 3 aliphatic heterocycles. The van der Waals surface area contributed by atoms with Gasteiger partial charge < -0.3 is 41.2 Å². The number of fused-ring (bicyclic) bond motifs is 2. The highest BCUT2D eigenvalue weighted by molar-refractivity contribution is 8.00. The number of anilines is 1. The summed E-state index contributed by atoms with van der Waals surface area (Å²) in [6.07, 6.45) is -0.246. The number of unbranched alkanes of at least 4 members (excludes halogenated alkanes) is 1. The minimum Gasteiger partial charge on any atom is -0.387 e. The Morgan fingerprint density at radius 1 is 1.18 bits per heavy atom. The Balaban J connectivity index is 0.958. The number of phosphoric acid groups is 1. The number of aliphatic hydroxyl groups excluding tert-OH is 2. The van der Waals surface area contributed by atoms with Crippen LogP contribution in [0.25, 0.3) is 11.2 Å². The Morgan fingerprint density at radius 2 is 2.00 bits per heavy atom. The maximum atomic E-state index is 12.3. The van der Waals surface area contributed by atoms with E-state index < -0.39 is 44.9 Å². The highest BCUT2D eigenvalue weighted by Gasteiger charge is 2.46. The molecular formula is C24H35N8O10PS. The molecule has 3 fully saturated rings. The number of carbonyl (C=O) groups is 3. The Labute approximate surface area is 255 Å². The van der Waals surface area contributed by atoms with Gasteiger partial charge >= 0.3 is 19.8 Å². The third-order valence-corrected chi connectivity index (χ3v) is 10.00. The lowest BCUT2D eigenvalue weighted by atomic mass is 10.0. The van der Waals surface area contributed by atoms with Crippen LogP contribution < -0.4 is 21.7 Å². The van der Waals surface area contributed by atoms with Gasteiger partial charge in [0.25, 0.3) is 0 Å². The van der Waals surface area contributed by atoms with Crippen molar-refractivity contribution in [3.8, 4) is 0 Å². The van der Waals surface area contributed by atoms with Gasteiger partial charge in [0, 0.05) is 30.4 Å². The number of aliphatic hydroxyl groups is 2. The molecular weight excluding hydrogens is 623 g/mol. The van der Waals surface area contributed by atoms with E-state index in [1.807, 2.05) is 11.8 Å². The van der Waals surface area contributed by atoms with Gasteiger partial charge in [0.1, 0.15) is 30.2 Å². The fraction of sp³-hybridized carbons (Fsp3) is 0.667. The number of hydrogen-bond acceptors (Lipinski definition) is 14. The maximum Gasteiger partial charge on any atom is 0.529 e. The van der Waals surface area contributed by atoms with Crippen LogP contribution in [0.5, 0.6) is 0 Å². The number of amides is 3. The lowest BCUT2D eigenvalue weighted by molar-refractivity contribution is -0.136. The van der Waals surface area contributed by atoms with Crippen molar-refractivity contribution in [2.24, 2.45) is 0 Å². The Morgan fingerprint density at radius 3 is 2.82 bits per heavy atom. The lowest BCUT2D eigenvalue weighted by Gasteiger charge is -2.17. The van der Waals surface area contributed by atoms with Gasteiger partial charge in [0.2, 0.25) is 5.91 Å². The fourth-order valence-corrected chi connectivity index (χ4v) is 7.62. The van der Waals surface area contributed by atoms with E-state index in [4.69, 9.17) is 15.0 Å². The van der Waals surface area contributed by atoms with Crippen LogP contribution in [0, 0.1) is 0 Å². The monoisotopic (exact) mass is 658 g/mol. The van der Waals surface area contributed by atoms with Crippen molar-refractivity contribution >= 4 is 54.5 Å². The smallest absolute Gasteiger partial charge is 0.387 e. The van der Waals surface area contributed by atoms with Crippen LogP contribution in [0.1, 0.15) is 44.8 Å². The number of phosphoric ester groups is 1. The van der Waals surface area contributed by atoms with Crippen LogP contribution in [-0.4, -0.2) is 107 Å². The van der Waals surface area contributed by atoms with E-state index in [0.29, 0.717) is 18.1 Å². The summed E-state index contributed by atoms with van der Waals surface area (Å²) in [6, 6.07) is 0.176. The van der Waals surface area contributed by atoms with Crippen molar-refractivity contribution in [1.29, 1.82) is 0 Å². The third kappa shape index (κ3) is 7.59. The van der Waals surface area contributed by atoms with E-state index in [1.54, 1.807) is 0 Å². The van der Waals surface area contributed by atoms with Gasteiger partial charge in [-0.05, 0) is 19.3 Å². The van der Waals surface area contributed by atoms with Crippen LogP contribution in [-0.2, 0) is 27.9 Å². The topological polar surface area (TPSA) is 262 Å². The summed E-state index contributed by atoms with van der Waals surface area (Å²) in [7, 11) is -4.87. The standard InChI is InChI=1S/C24H35N8O10PS/c25-21-18-22(28-10-27-21)32(11-29-18)23-20(36)19(35)13(41-23)8-40-43(38,39)42-16(34)6-3-7-26-15(33)5-2-1-4-14-17-12(9-44-14)30-24(37)31-17/h10-14,17,19-20,23,35-36H,1-9H2,(H,26,33)(H,38,39)(H2,25,27,28)(H2,30,31,37)/t12-,13+,14?,17-,19?,20?,23+/m0/s1. The average Bonchev–Trinajstić information content (AvgIpc) is 3.72. The Hall–Kier alpha value is -3.06. The zero-order valence-corrected chi connectivity index (χ0v) is 25.2. The summed E-state index contributed by atoms with van der Waals surface area (Å²) >= 11 is 1.82. The van der Waals surface area contributed by atoms with E-state index in [-0.39, 0.29) is 60.4 Å². The van der Waals surface area contributed by atoms with Crippen molar-refractivity contribution < 1.29 is 47.8 Å². The first-order chi connectivity index (χ1) is 21.0. The second-order valence-corrected chi connectivity index (χ2v) is 13.3. The molecule has 5 rings (SSSR count). The minimum atomic E-state index is -4.87. The number of nitrogen functional groups attached to an aromatic ring is 1. The van der Waals surface area contributed by atoms with Crippen molar-refractivity contribution in [2.75, 3.05) is 24.6 Å². The molecule has 4 unspecified atom stereocenters. The summed E-state index contributed by atoms with van der Waals surface area (Å²) in [4.78, 5) is 57.6. The molecule has 242 valence electrons. The Bertz CT molecular complexity index is 1420. The average molecular weight is 659 g/mol. The maximum absolute atomic E-state index is 12.3. The van der Waals surface area contributed by atoms with Crippen molar-refractivity contribution in [2.45, 2.75) is 80.4 Å². The molecule has 2 aromatic rings. The number of nitrogens with zero attached hydrogens (tertiary/aromatic N) is 4. The number of nitrogens with two attached hydrogens (primary N) is 1. The van der Waals surface area contributed by atoms with Crippen molar-refractivity contribution in [3.05, 3.63) is 12.7 Å². The largest absolute Gasteiger partial charge is 0.529 e. The van der Waals surface area contributed by atoms with Crippen LogP contribution in [0.4, 0.5) is 10.6 Å². The summed E-state index contributed by atoms with van der Waals surface area (Å²) in [5.41, 5.74) is 6.27. The predicted molar refractivity (Wildman–Crippen MR) is 154 cm³/mol. The highest BCUT2D eigenvalue weighted by Crippen LogP contribution is 2.45. The third-order valence-electron chi connectivity index (χ3n) is 7.58. The minimum absolute atomic E-state index is 0.107. The number of ether oxygens (including phenoxy) is 1. The van der Waals surface area contributed by atoms with E-state index in [0.717, 1.165) is 18.6 Å². The van der Waals surface area contributed by atoms with Gasteiger partial charge in [-0.15, -0.1) is 0 Å². The molecule has 2 aromatic heterocycles. The number of aromatic nitrogens is 4. The van der Waals surface area contributed by atoms with E-state index >= 15 is 0 Å². The number of thioether (sulfide) groups is 1. The van der Waals surface area contributed by atoms with E-state index in [9.17, 15) is 34.1 Å². The van der Waals surface area contributed by atoms with Crippen LogP contribution >= 0.6 is 19.6 Å². The molecule has 44 heavy (non-hydrogen) atoms. The lowest BCUT2D eigenvalue weighted by Crippen LogP contribution is -2.36. The van der Waals surface area contributed by atoms with E-state index in [2.05, 4.69) is 35.4 Å². The van der Waals surface area contributed by atoms with Crippen LogP contribution in [0.2, 0.25) is 0 Å². The highest BCUT2D eigenvalue weighted by atomic mass is 32.2. The van der Waals surface area contributed by atoms with Gasteiger partial charge in [-0.3, -0.25) is 23.6 Å². The molecule has 0 spiro atoms. The molecule has 0 aromatic carbocycles. The zero-order valence-electron chi connectivity index (χ0n) is 23.5. The molecule has 20 heteroatoms. The van der Waals surface area contributed by atoms with Crippen LogP contribution in [0.15, 0.2) is 12.7 Å². The zero-order chi connectivity index (χ0) is 31.4. The molecule has 8 atom stereocenters. The number of hydrogen-bond donors (Lipinski definition) is 7. The molecule has 3 amide bonds. The van der Waals surface area contributed by atoms with Gasteiger partial charge in [0.05, 0.1) is 25.0 Å². The number of nitrogens with one attached hydrogen (secondary N) is 3. The number of urea groups is 1. The van der Waals surface area contributed by atoms with Gasteiger partial charge in [-0.25, -0.2) is 24.3 Å². The Kier molecular flexibility index (Phi) is 10.2. The van der Waals surface area contributed by atoms with Gasteiger partial charge in [0.15, 0.2) is 17.7 Å². The molecule has 0 bridgehead atoms. The fourth-order valence-electron chi connectivity index (χ4n) is 5.34. The molecule has 0 aliphatic carbocycles. The quantitative estimate of drug-likeness (QED) is 0.0753. The first-order valence-corrected chi connectivity index (χ1v) is 16.7. The molecule has 5 heterocycles. The molecule has 0 radical (unpaired) electrons. The number of rotatable bonds is 14. The summed E-state index contributed by atoms with van der Waals surface area (Å²) in [5.74, 6) is -0.193. The van der Waals surface area contributed by atoms with Gasteiger partial charge in [-0.1, -0.05) is 6.42 Å². The summed E-state index contributed by atoms with van der Waals surface area (Å²) < 4.78 is 28.7. The normalized spacial score (nSPS) is 29.2. The molecule has 8 N–H and O–H groups in total. The second-order valence-electron chi connectivity index (χ2n) is 10.7. The predicted octanol–water partition coefficient (Wildman–Crippen LogP) is -0.690. The first-order valence-electron chi connectivity index (χ1n) is 14.1. The van der Waals surface area contributed by atoms with Gasteiger partial charge in [-0.2, -0.15) is 11.8 Å². The molecule has 3 aliphatic rings. The second kappa shape index (κ2) is 13.9. The summed E-state index contributed by atoms with van der Waals surface area (Å²) in [6.45, 7) is -0.507. The van der Waals surface area contributed by atoms with E-state index in [1.165, 1.54) is 17.2 Å². The molecule has 3 saturated heterocycles. The molecule has 0 saturated carbocycles. The molecule has 18 nitrogen and oxygen atoms in total. The van der Waals surface area contributed by atoms with Crippen LogP contribution in [0.3, 0.4) is 0 Å².